The van der Waals surface area contributed by atoms with Gasteiger partial charge in [-0.3, -0.25) is 0 Å². The average molecular weight is 245 g/mol. The van der Waals surface area contributed by atoms with Crippen molar-refractivity contribution in [1.82, 2.24) is 4.57 Å². The summed E-state index contributed by atoms with van der Waals surface area (Å²) in [5, 5.41) is 10.4. The maximum Gasteiger partial charge on any atom is 0.356 e. The molecule has 0 unspecified atom stereocenters. The number of nitrogens with zero attached hydrogens (tertiary/aromatic N) is 1. The second-order valence-corrected chi connectivity index (χ2v) is 3.63. The molecule has 0 saturated carbocycles. The maximum atomic E-state index is 11.4. The highest BCUT2D eigenvalue weighted by molar-refractivity contribution is 5.97. The number of aromatic hydroxyl groups is 1. The highest BCUT2D eigenvalue weighted by Gasteiger charge is 2.13. The van der Waals surface area contributed by atoms with Crippen molar-refractivity contribution in [2.24, 2.45) is 0 Å². The highest BCUT2D eigenvalue weighted by Crippen LogP contribution is 2.29. The standard InChI is InChI=1S/C12H7NO5/c14-9-5-6-10(15)18-13-8-4-2-1-3-7(8)11(17-9)12(13)16/h1-6,16H. The molecule has 2 aromatic heterocycles. The van der Waals surface area contributed by atoms with Crippen LogP contribution in [0.1, 0.15) is 0 Å². The quantitative estimate of drug-likeness (QED) is 0.644. The van der Waals surface area contributed by atoms with E-state index in [4.69, 9.17) is 8.94 Å². The van der Waals surface area contributed by atoms with Crippen LogP contribution in [0.4, 0.5) is 0 Å². The van der Waals surface area contributed by atoms with E-state index in [0.717, 1.165) is 16.7 Å². The summed E-state index contributed by atoms with van der Waals surface area (Å²) in [5.41, 5.74) is -1.14. The number of hydrogen-bond acceptors (Lipinski definition) is 5. The van der Waals surface area contributed by atoms with Gasteiger partial charge in [-0.05, 0) is 12.1 Å². The number of rotatable bonds is 0. The van der Waals surface area contributed by atoms with E-state index in [1.54, 1.807) is 24.3 Å². The number of para-hydroxylation sites is 1. The molecule has 1 N–H and O–H groups in total. The van der Waals surface area contributed by atoms with E-state index in [9.17, 15) is 14.7 Å². The first-order valence-electron chi connectivity index (χ1n) is 5.11. The van der Waals surface area contributed by atoms with Crippen LogP contribution in [-0.4, -0.2) is 9.68 Å². The SMILES string of the molecule is O=c1ccc(=O)on2c(O)c(o1)c1ccccc12. The van der Waals surface area contributed by atoms with Gasteiger partial charge in [0, 0.05) is 12.1 Å². The highest BCUT2D eigenvalue weighted by atomic mass is 16.5. The van der Waals surface area contributed by atoms with Crippen LogP contribution in [0.5, 0.6) is 5.88 Å². The Morgan fingerprint density at radius 1 is 1.00 bits per heavy atom. The van der Waals surface area contributed by atoms with E-state index < -0.39 is 17.1 Å². The maximum absolute atomic E-state index is 11.4. The number of fused-ring (bicyclic) bond motifs is 5. The molecule has 2 heterocycles. The monoisotopic (exact) mass is 245 g/mol. The van der Waals surface area contributed by atoms with Gasteiger partial charge in [-0.15, -0.1) is 4.57 Å². The van der Waals surface area contributed by atoms with Gasteiger partial charge in [0.05, 0.1) is 10.9 Å². The van der Waals surface area contributed by atoms with Gasteiger partial charge in [0.25, 0.3) is 5.88 Å². The fourth-order valence-corrected chi connectivity index (χ4v) is 1.75. The molecule has 0 aliphatic heterocycles. The summed E-state index contributed by atoms with van der Waals surface area (Å²) in [6.45, 7) is 0. The third-order valence-corrected chi connectivity index (χ3v) is 2.50. The topological polar surface area (TPSA) is 85.1 Å². The lowest BCUT2D eigenvalue weighted by atomic mass is 10.2. The second kappa shape index (κ2) is 3.63. The van der Waals surface area contributed by atoms with Crippen LogP contribution in [0.3, 0.4) is 0 Å². The molecule has 6 heteroatoms. The first kappa shape index (κ1) is 10.4. The van der Waals surface area contributed by atoms with Gasteiger partial charge in [-0.1, -0.05) is 12.1 Å². The Hall–Kier alpha value is -2.76. The van der Waals surface area contributed by atoms with Crippen LogP contribution in [0.15, 0.2) is 54.9 Å². The summed E-state index contributed by atoms with van der Waals surface area (Å²) < 4.78 is 10.8. The third-order valence-electron chi connectivity index (χ3n) is 2.50. The van der Waals surface area contributed by atoms with E-state index in [1.807, 2.05) is 0 Å². The van der Waals surface area contributed by atoms with Crippen LogP contribution in [-0.2, 0) is 0 Å². The number of hydrogen-bond donors (Lipinski definition) is 1. The Morgan fingerprint density at radius 2 is 1.72 bits per heavy atom. The van der Waals surface area contributed by atoms with E-state index in [2.05, 4.69) is 0 Å². The fraction of sp³-hybridized carbons (Fsp3) is 0. The molecule has 0 aliphatic rings. The molecule has 2 bridgehead atoms. The van der Waals surface area contributed by atoms with Gasteiger partial charge in [0.15, 0.2) is 0 Å². The normalized spacial score (nSPS) is 10.9. The zero-order valence-electron chi connectivity index (χ0n) is 8.99. The molecule has 90 valence electrons. The molecule has 0 saturated heterocycles. The Bertz CT molecular complexity index is 813. The molecule has 0 aliphatic carbocycles. The van der Waals surface area contributed by atoms with E-state index >= 15 is 0 Å². The Labute approximate surface area is 98.9 Å². The van der Waals surface area contributed by atoms with Gasteiger partial charge in [-0.25, -0.2) is 9.59 Å². The van der Waals surface area contributed by atoms with Crippen molar-refractivity contribution in [3.05, 3.63) is 57.2 Å². The molecule has 1 aromatic carbocycles. The van der Waals surface area contributed by atoms with Crippen molar-refractivity contribution in [1.29, 1.82) is 0 Å². The summed E-state index contributed by atoms with van der Waals surface area (Å²) in [7, 11) is 0. The van der Waals surface area contributed by atoms with Crippen molar-refractivity contribution in [2.75, 3.05) is 0 Å². The molecular weight excluding hydrogens is 238 g/mol. The third kappa shape index (κ3) is 1.43. The number of aromatic nitrogens is 1. The molecule has 0 fully saturated rings. The van der Waals surface area contributed by atoms with Crippen LogP contribution in [0.2, 0.25) is 0 Å². The molecule has 6 nitrogen and oxygen atoms in total. The number of benzene rings is 1. The average Bonchev–Trinajstić information content (AvgIpc) is 2.64. The summed E-state index contributed by atoms with van der Waals surface area (Å²) in [6.07, 6.45) is 0. The van der Waals surface area contributed by atoms with Gasteiger partial charge >= 0.3 is 11.3 Å². The predicted molar refractivity (Wildman–Crippen MR) is 62.5 cm³/mol. The van der Waals surface area contributed by atoms with Crippen molar-refractivity contribution in [3.8, 4) is 5.88 Å². The van der Waals surface area contributed by atoms with Crippen LogP contribution < -0.4 is 11.3 Å². The molecule has 18 heavy (non-hydrogen) atoms. The van der Waals surface area contributed by atoms with Crippen molar-refractivity contribution in [2.45, 2.75) is 0 Å². The molecule has 0 atom stereocenters. The molecule has 3 aromatic rings. The first-order valence-corrected chi connectivity index (χ1v) is 5.11. The second-order valence-electron chi connectivity index (χ2n) is 3.63. The molecule has 0 radical (unpaired) electrons. The Balaban J connectivity index is 2.77. The molecular formula is C12H7NO5. The summed E-state index contributed by atoms with van der Waals surface area (Å²) in [5.74, 6) is -0.429. The molecule has 3 rings (SSSR count). The van der Waals surface area contributed by atoms with Crippen LogP contribution in [0, 0.1) is 0 Å². The Kier molecular flexibility index (Phi) is 2.09. The van der Waals surface area contributed by atoms with Gasteiger partial charge in [0.1, 0.15) is 0 Å². The Morgan fingerprint density at radius 3 is 2.56 bits per heavy atom. The zero-order chi connectivity index (χ0) is 12.7. The fourth-order valence-electron chi connectivity index (χ4n) is 1.75. The molecule has 0 amide bonds. The summed E-state index contributed by atoms with van der Waals surface area (Å²) in [6, 6.07) is 8.57. The van der Waals surface area contributed by atoms with Gasteiger partial charge in [-0.2, -0.15) is 0 Å². The van der Waals surface area contributed by atoms with Crippen molar-refractivity contribution < 1.29 is 14.0 Å². The molecule has 0 spiro atoms. The van der Waals surface area contributed by atoms with Crippen molar-refractivity contribution in [3.63, 3.8) is 0 Å². The minimum atomic E-state index is -0.781. The lowest BCUT2D eigenvalue weighted by molar-refractivity contribution is 0.289. The first-order chi connectivity index (χ1) is 8.66. The van der Waals surface area contributed by atoms with Crippen LogP contribution >= 0.6 is 0 Å². The summed E-state index contributed by atoms with van der Waals surface area (Å²) >= 11 is 0. The summed E-state index contributed by atoms with van der Waals surface area (Å²) in [4.78, 5) is 22.8. The van der Waals surface area contributed by atoms with Gasteiger partial charge < -0.3 is 14.0 Å². The smallest absolute Gasteiger partial charge is 0.356 e. The lowest BCUT2D eigenvalue weighted by Crippen LogP contribution is -1.98. The van der Waals surface area contributed by atoms with E-state index in [0.29, 0.717) is 10.9 Å². The van der Waals surface area contributed by atoms with E-state index in [1.165, 1.54) is 0 Å². The zero-order valence-corrected chi connectivity index (χ0v) is 8.99. The lowest BCUT2D eigenvalue weighted by Gasteiger charge is -1.89. The largest absolute Gasteiger partial charge is 0.490 e. The minimum Gasteiger partial charge on any atom is -0.490 e. The van der Waals surface area contributed by atoms with E-state index in [-0.39, 0.29) is 5.58 Å². The van der Waals surface area contributed by atoms with Gasteiger partial charge in [0.2, 0.25) is 5.58 Å². The predicted octanol–water partition coefficient (Wildman–Crippen LogP) is 1.27. The van der Waals surface area contributed by atoms with Crippen LogP contribution in [0.25, 0.3) is 16.5 Å². The van der Waals surface area contributed by atoms with Crippen molar-refractivity contribution >= 4 is 16.5 Å². The minimum absolute atomic E-state index is 0.0325.